The molecule has 1 aromatic carbocycles. The Balaban J connectivity index is 3.01. The fourth-order valence-electron chi connectivity index (χ4n) is 2.81. The van der Waals surface area contributed by atoms with Gasteiger partial charge in [-0.25, -0.2) is 8.78 Å². The van der Waals surface area contributed by atoms with E-state index in [1.165, 1.54) is 0 Å². The number of halogens is 2. The van der Waals surface area contributed by atoms with Crippen LogP contribution in [0.1, 0.15) is 52.5 Å². The minimum absolute atomic E-state index is 0.223. The van der Waals surface area contributed by atoms with Crippen molar-refractivity contribution >= 4 is 0 Å². The predicted octanol–water partition coefficient (Wildman–Crippen LogP) is 5.00. The van der Waals surface area contributed by atoms with E-state index in [0.717, 1.165) is 12.8 Å². The Labute approximate surface area is 132 Å². The number of unbranched alkanes of at least 4 members (excludes halogenated alkanes) is 1. The summed E-state index contributed by atoms with van der Waals surface area (Å²) in [5.41, 5.74) is -1.01. The van der Waals surface area contributed by atoms with Gasteiger partial charge < -0.3 is 9.84 Å². The SMILES string of the molecule is CCCCOc1ccc(C(O)(C(C)C)C(CC)C(F)F)cc1. The number of hydrogen-bond donors (Lipinski definition) is 1. The van der Waals surface area contributed by atoms with Crippen molar-refractivity contribution in [3.8, 4) is 5.75 Å². The molecule has 1 aromatic rings. The van der Waals surface area contributed by atoms with Crippen molar-refractivity contribution in [3.63, 3.8) is 0 Å². The molecule has 0 aliphatic heterocycles. The lowest BCUT2D eigenvalue weighted by Gasteiger charge is -2.39. The van der Waals surface area contributed by atoms with Crippen LogP contribution < -0.4 is 4.74 Å². The highest BCUT2D eigenvalue weighted by molar-refractivity contribution is 5.32. The van der Waals surface area contributed by atoms with E-state index in [1.54, 1.807) is 45.0 Å². The second kappa shape index (κ2) is 8.47. The second-order valence-electron chi connectivity index (χ2n) is 6.06. The summed E-state index contributed by atoms with van der Waals surface area (Å²) in [5.74, 6) is -0.689. The van der Waals surface area contributed by atoms with E-state index in [0.29, 0.717) is 17.9 Å². The molecule has 0 saturated carbocycles. The smallest absolute Gasteiger partial charge is 0.244 e. The molecule has 0 fully saturated rings. The first kappa shape index (κ1) is 18.9. The van der Waals surface area contributed by atoms with Gasteiger partial charge >= 0.3 is 0 Å². The topological polar surface area (TPSA) is 29.5 Å². The molecule has 0 heterocycles. The van der Waals surface area contributed by atoms with Crippen molar-refractivity contribution in [1.29, 1.82) is 0 Å². The van der Waals surface area contributed by atoms with Crippen LogP contribution in [0, 0.1) is 11.8 Å². The van der Waals surface area contributed by atoms with Crippen LogP contribution in [0.15, 0.2) is 24.3 Å². The molecule has 4 heteroatoms. The van der Waals surface area contributed by atoms with Crippen molar-refractivity contribution in [3.05, 3.63) is 29.8 Å². The van der Waals surface area contributed by atoms with Gasteiger partial charge in [-0.2, -0.15) is 0 Å². The quantitative estimate of drug-likeness (QED) is 0.650. The van der Waals surface area contributed by atoms with Gasteiger partial charge in [0.15, 0.2) is 0 Å². The normalized spacial score (nSPS) is 15.9. The maximum atomic E-state index is 13.3. The Hall–Kier alpha value is -1.16. The molecule has 0 amide bonds. The molecule has 126 valence electrons. The van der Waals surface area contributed by atoms with E-state index in [9.17, 15) is 13.9 Å². The van der Waals surface area contributed by atoms with Gasteiger partial charge in [0.25, 0.3) is 0 Å². The maximum absolute atomic E-state index is 13.3. The summed E-state index contributed by atoms with van der Waals surface area (Å²) in [6.07, 6.45) is -0.308. The molecule has 22 heavy (non-hydrogen) atoms. The van der Waals surface area contributed by atoms with E-state index in [-0.39, 0.29) is 12.3 Å². The lowest BCUT2D eigenvalue weighted by atomic mass is 9.72. The highest BCUT2D eigenvalue weighted by atomic mass is 19.3. The molecular weight excluding hydrogens is 286 g/mol. The van der Waals surface area contributed by atoms with E-state index in [4.69, 9.17) is 4.74 Å². The van der Waals surface area contributed by atoms with Gasteiger partial charge in [0.2, 0.25) is 6.43 Å². The number of hydrogen-bond acceptors (Lipinski definition) is 2. The van der Waals surface area contributed by atoms with Gasteiger partial charge in [0.05, 0.1) is 12.5 Å². The third-order valence-electron chi connectivity index (χ3n) is 4.27. The number of alkyl halides is 2. The lowest BCUT2D eigenvalue weighted by Crippen LogP contribution is -2.43. The summed E-state index contributed by atoms with van der Waals surface area (Å²) in [4.78, 5) is 0. The number of benzene rings is 1. The van der Waals surface area contributed by atoms with Crippen molar-refractivity contribution in [2.24, 2.45) is 11.8 Å². The molecule has 0 aliphatic carbocycles. The van der Waals surface area contributed by atoms with Crippen molar-refractivity contribution in [1.82, 2.24) is 0 Å². The second-order valence-corrected chi connectivity index (χ2v) is 6.06. The molecule has 1 N–H and O–H groups in total. The first-order valence-electron chi connectivity index (χ1n) is 8.11. The molecule has 2 nitrogen and oxygen atoms in total. The summed E-state index contributed by atoms with van der Waals surface area (Å²) in [7, 11) is 0. The molecule has 2 atom stereocenters. The average molecular weight is 314 g/mol. The molecule has 0 spiro atoms. The van der Waals surface area contributed by atoms with Crippen molar-refractivity contribution in [2.45, 2.75) is 59.0 Å². The molecule has 0 bridgehead atoms. The fourth-order valence-corrected chi connectivity index (χ4v) is 2.81. The minimum atomic E-state index is -2.56. The zero-order valence-corrected chi connectivity index (χ0v) is 14.0. The average Bonchev–Trinajstić information content (AvgIpc) is 2.48. The standard InChI is InChI=1S/C18H28F2O2/c1-5-7-12-22-15-10-8-14(9-11-15)18(21,13(3)4)16(6-2)17(19)20/h8-11,13,16-17,21H,5-7,12H2,1-4H3. The number of rotatable bonds is 9. The zero-order chi connectivity index (χ0) is 16.8. The Morgan fingerprint density at radius 1 is 1.14 bits per heavy atom. The summed E-state index contributed by atoms with van der Waals surface area (Å²) in [6, 6.07) is 6.89. The minimum Gasteiger partial charge on any atom is -0.494 e. The maximum Gasteiger partial charge on any atom is 0.244 e. The van der Waals surface area contributed by atoms with Crippen LogP contribution in [0.25, 0.3) is 0 Å². The third kappa shape index (κ3) is 4.19. The number of ether oxygens (including phenoxy) is 1. The zero-order valence-electron chi connectivity index (χ0n) is 14.0. The van der Waals surface area contributed by atoms with E-state index >= 15 is 0 Å². The molecule has 2 unspecified atom stereocenters. The molecule has 1 rings (SSSR count). The van der Waals surface area contributed by atoms with Gasteiger partial charge in [-0.05, 0) is 36.5 Å². The first-order valence-corrected chi connectivity index (χ1v) is 8.11. The predicted molar refractivity (Wildman–Crippen MR) is 85.4 cm³/mol. The lowest BCUT2D eigenvalue weighted by molar-refractivity contribution is -0.121. The van der Waals surface area contributed by atoms with Crippen LogP contribution in [0.4, 0.5) is 8.78 Å². The van der Waals surface area contributed by atoms with Crippen LogP contribution >= 0.6 is 0 Å². The molecular formula is C18H28F2O2. The van der Waals surface area contributed by atoms with Crippen molar-refractivity contribution in [2.75, 3.05) is 6.61 Å². The van der Waals surface area contributed by atoms with Gasteiger partial charge in [0, 0.05) is 0 Å². The highest BCUT2D eigenvalue weighted by Crippen LogP contribution is 2.42. The van der Waals surface area contributed by atoms with Gasteiger partial charge in [-0.15, -0.1) is 0 Å². The molecule has 0 saturated heterocycles. The Morgan fingerprint density at radius 2 is 1.73 bits per heavy atom. The molecule has 0 aliphatic rings. The van der Waals surface area contributed by atoms with Gasteiger partial charge in [-0.3, -0.25) is 0 Å². The Bertz CT molecular complexity index is 431. The van der Waals surface area contributed by atoms with Gasteiger partial charge in [0.1, 0.15) is 11.4 Å². The summed E-state index contributed by atoms with van der Waals surface area (Å²) >= 11 is 0. The van der Waals surface area contributed by atoms with Gasteiger partial charge in [-0.1, -0.05) is 46.2 Å². The monoisotopic (exact) mass is 314 g/mol. The van der Waals surface area contributed by atoms with E-state index < -0.39 is 17.9 Å². The van der Waals surface area contributed by atoms with E-state index in [1.807, 2.05) is 0 Å². The Kier molecular flexibility index (Phi) is 7.27. The molecule has 0 radical (unpaired) electrons. The summed E-state index contributed by atoms with van der Waals surface area (Å²) < 4.78 is 32.3. The Morgan fingerprint density at radius 3 is 2.14 bits per heavy atom. The summed E-state index contributed by atoms with van der Waals surface area (Å²) in [5, 5.41) is 11.0. The number of aliphatic hydroxyl groups is 1. The molecule has 0 aromatic heterocycles. The van der Waals surface area contributed by atoms with Crippen LogP contribution in [0.5, 0.6) is 5.75 Å². The van der Waals surface area contributed by atoms with Crippen LogP contribution in [0.2, 0.25) is 0 Å². The summed E-state index contributed by atoms with van der Waals surface area (Å²) in [6.45, 7) is 7.96. The van der Waals surface area contributed by atoms with Crippen LogP contribution in [0.3, 0.4) is 0 Å². The first-order chi connectivity index (χ1) is 10.4. The largest absolute Gasteiger partial charge is 0.494 e. The van der Waals surface area contributed by atoms with Crippen LogP contribution in [-0.2, 0) is 5.60 Å². The fraction of sp³-hybridized carbons (Fsp3) is 0.667. The third-order valence-corrected chi connectivity index (χ3v) is 4.27. The van der Waals surface area contributed by atoms with E-state index in [2.05, 4.69) is 6.92 Å². The van der Waals surface area contributed by atoms with Crippen LogP contribution in [-0.4, -0.2) is 18.1 Å². The highest BCUT2D eigenvalue weighted by Gasteiger charge is 2.45. The van der Waals surface area contributed by atoms with Crippen molar-refractivity contribution < 1.29 is 18.6 Å².